The zero-order valence-electron chi connectivity index (χ0n) is 4.91. The van der Waals surface area contributed by atoms with Gasteiger partial charge in [0.2, 0.25) is 0 Å². The van der Waals surface area contributed by atoms with Crippen molar-refractivity contribution in [2.45, 2.75) is 12.2 Å². The Morgan fingerprint density at radius 2 is 2.22 bits per heavy atom. The molecule has 50 valence electrons. The molecular weight excluding hydrogens is 118 g/mol. The Bertz CT molecular complexity index is 170. The molecule has 0 saturated carbocycles. The first-order chi connectivity index (χ1) is 4.10. The second kappa shape index (κ2) is 1.86. The standard InChI is InChI=1S/C6H9NO2/c7-5-2-1-3-6(8,9)4-5/h1-3,8-9H,4,7H2. The van der Waals surface area contributed by atoms with E-state index in [-0.39, 0.29) is 6.42 Å². The Morgan fingerprint density at radius 3 is 2.56 bits per heavy atom. The van der Waals surface area contributed by atoms with Crippen LogP contribution in [-0.2, 0) is 0 Å². The molecule has 9 heavy (non-hydrogen) atoms. The smallest absolute Gasteiger partial charge is 0.188 e. The van der Waals surface area contributed by atoms with Crippen molar-refractivity contribution in [3.63, 3.8) is 0 Å². The van der Waals surface area contributed by atoms with Crippen LogP contribution in [0.3, 0.4) is 0 Å². The van der Waals surface area contributed by atoms with Crippen LogP contribution in [0, 0.1) is 0 Å². The maximum atomic E-state index is 8.89. The highest BCUT2D eigenvalue weighted by Crippen LogP contribution is 2.15. The minimum atomic E-state index is -1.72. The van der Waals surface area contributed by atoms with Crippen LogP contribution in [0.1, 0.15) is 6.42 Å². The Labute approximate surface area is 53.1 Å². The van der Waals surface area contributed by atoms with E-state index >= 15 is 0 Å². The maximum Gasteiger partial charge on any atom is 0.188 e. The molecule has 1 aliphatic rings. The van der Waals surface area contributed by atoms with E-state index in [2.05, 4.69) is 0 Å². The molecule has 1 aliphatic carbocycles. The van der Waals surface area contributed by atoms with Crippen molar-refractivity contribution < 1.29 is 10.2 Å². The lowest BCUT2D eigenvalue weighted by atomic mass is 10.1. The van der Waals surface area contributed by atoms with Crippen LogP contribution in [0.4, 0.5) is 0 Å². The molecule has 0 aliphatic heterocycles. The normalized spacial score (nSPS) is 23.6. The molecule has 0 amide bonds. The number of hydrogen-bond acceptors (Lipinski definition) is 3. The van der Waals surface area contributed by atoms with E-state index in [1.165, 1.54) is 12.2 Å². The minimum Gasteiger partial charge on any atom is -0.402 e. The molecule has 0 aromatic heterocycles. The number of allylic oxidation sites excluding steroid dienone is 2. The van der Waals surface area contributed by atoms with Gasteiger partial charge >= 0.3 is 0 Å². The predicted octanol–water partition coefficient (Wildman–Crippen LogP) is -0.530. The van der Waals surface area contributed by atoms with Gasteiger partial charge < -0.3 is 15.9 Å². The third-order valence-electron chi connectivity index (χ3n) is 1.14. The van der Waals surface area contributed by atoms with Crippen molar-refractivity contribution in [3.05, 3.63) is 23.9 Å². The molecule has 0 unspecified atom stereocenters. The van der Waals surface area contributed by atoms with Gasteiger partial charge in [-0.3, -0.25) is 0 Å². The summed E-state index contributed by atoms with van der Waals surface area (Å²) in [6, 6.07) is 0. The third kappa shape index (κ3) is 1.55. The highest BCUT2D eigenvalue weighted by atomic mass is 16.5. The molecule has 1 rings (SSSR count). The maximum absolute atomic E-state index is 8.89. The van der Waals surface area contributed by atoms with Crippen LogP contribution < -0.4 is 5.73 Å². The summed E-state index contributed by atoms with van der Waals surface area (Å²) in [4.78, 5) is 0. The molecule has 0 bridgehead atoms. The first-order valence-electron chi connectivity index (χ1n) is 2.69. The average molecular weight is 127 g/mol. The molecule has 0 saturated heterocycles. The van der Waals surface area contributed by atoms with Crippen molar-refractivity contribution in [2.75, 3.05) is 0 Å². The van der Waals surface area contributed by atoms with Gasteiger partial charge in [0.1, 0.15) is 0 Å². The number of nitrogens with two attached hydrogens (primary N) is 1. The molecule has 0 atom stereocenters. The average Bonchev–Trinajstić information content (AvgIpc) is 1.60. The second-order valence-electron chi connectivity index (χ2n) is 2.16. The molecular formula is C6H9NO2. The third-order valence-corrected chi connectivity index (χ3v) is 1.14. The second-order valence-corrected chi connectivity index (χ2v) is 2.16. The molecule has 0 aromatic rings. The first-order valence-corrected chi connectivity index (χ1v) is 2.69. The van der Waals surface area contributed by atoms with E-state index in [9.17, 15) is 0 Å². The summed E-state index contributed by atoms with van der Waals surface area (Å²) in [5.74, 6) is -1.72. The van der Waals surface area contributed by atoms with Crippen LogP contribution in [-0.4, -0.2) is 16.0 Å². The van der Waals surface area contributed by atoms with Crippen LogP contribution in [0.15, 0.2) is 23.9 Å². The Balaban J connectivity index is 2.73. The van der Waals surface area contributed by atoms with Gasteiger partial charge in [-0.25, -0.2) is 0 Å². The Hall–Kier alpha value is -0.800. The van der Waals surface area contributed by atoms with Gasteiger partial charge in [-0.1, -0.05) is 6.08 Å². The molecule has 3 heteroatoms. The minimum absolute atomic E-state index is 0.101. The van der Waals surface area contributed by atoms with E-state index in [4.69, 9.17) is 15.9 Å². The van der Waals surface area contributed by atoms with Gasteiger partial charge in [0.05, 0.1) is 0 Å². The summed E-state index contributed by atoms with van der Waals surface area (Å²) >= 11 is 0. The number of hydrogen-bond donors (Lipinski definition) is 3. The van der Waals surface area contributed by atoms with E-state index in [0.29, 0.717) is 5.70 Å². The molecule has 4 N–H and O–H groups in total. The Kier molecular flexibility index (Phi) is 1.31. The molecule has 3 nitrogen and oxygen atoms in total. The summed E-state index contributed by atoms with van der Waals surface area (Å²) in [6.45, 7) is 0. The van der Waals surface area contributed by atoms with Crippen LogP contribution in [0.5, 0.6) is 0 Å². The summed E-state index contributed by atoms with van der Waals surface area (Å²) in [5.41, 5.74) is 5.79. The highest BCUT2D eigenvalue weighted by Gasteiger charge is 2.21. The van der Waals surface area contributed by atoms with Crippen molar-refractivity contribution in [1.29, 1.82) is 0 Å². The van der Waals surface area contributed by atoms with Crippen LogP contribution in [0.2, 0.25) is 0 Å². The topological polar surface area (TPSA) is 66.5 Å². The predicted molar refractivity (Wildman–Crippen MR) is 33.2 cm³/mol. The lowest BCUT2D eigenvalue weighted by Crippen LogP contribution is -2.28. The number of aliphatic hydroxyl groups is 2. The van der Waals surface area contributed by atoms with Crippen molar-refractivity contribution >= 4 is 0 Å². The van der Waals surface area contributed by atoms with Crippen molar-refractivity contribution in [1.82, 2.24) is 0 Å². The SMILES string of the molecule is NC1=CC=CC(O)(O)C1. The van der Waals surface area contributed by atoms with Crippen LogP contribution in [0.25, 0.3) is 0 Å². The Morgan fingerprint density at radius 1 is 1.56 bits per heavy atom. The molecule has 0 heterocycles. The molecule has 0 aromatic carbocycles. The summed E-state index contributed by atoms with van der Waals surface area (Å²) < 4.78 is 0. The zero-order valence-corrected chi connectivity index (χ0v) is 4.91. The largest absolute Gasteiger partial charge is 0.402 e. The van der Waals surface area contributed by atoms with E-state index < -0.39 is 5.79 Å². The van der Waals surface area contributed by atoms with Crippen molar-refractivity contribution in [3.8, 4) is 0 Å². The van der Waals surface area contributed by atoms with Gasteiger partial charge in [-0.15, -0.1) is 0 Å². The summed E-state index contributed by atoms with van der Waals surface area (Å²) in [7, 11) is 0. The van der Waals surface area contributed by atoms with Gasteiger partial charge in [-0.2, -0.15) is 0 Å². The van der Waals surface area contributed by atoms with Gasteiger partial charge in [0, 0.05) is 12.1 Å². The van der Waals surface area contributed by atoms with Gasteiger partial charge in [0.25, 0.3) is 0 Å². The van der Waals surface area contributed by atoms with Gasteiger partial charge in [-0.05, 0) is 12.2 Å². The number of rotatable bonds is 0. The molecule has 0 spiro atoms. The van der Waals surface area contributed by atoms with Crippen molar-refractivity contribution in [2.24, 2.45) is 5.73 Å². The quantitative estimate of drug-likeness (QED) is 0.383. The monoisotopic (exact) mass is 127 g/mol. The van der Waals surface area contributed by atoms with Gasteiger partial charge in [0.15, 0.2) is 5.79 Å². The molecule has 0 radical (unpaired) electrons. The van der Waals surface area contributed by atoms with Crippen LogP contribution >= 0.6 is 0 Å². The highest BCUT2D eigenvalue weighted by molar-refractivity contribution is 5.20. The fourth-order valence-corrected chi connectivity index (χ4v) is 0.744. The van der Waals surface area contributed by atoms with E-state index in [1.54, 1.807) is 6.08 Å². The lowest BCUT2D eigenvalue weighted by molar-refractivity contribution is -0.117. The van der Waals surface area contributed by atoms with E-state index in [0.717, 1.165) is 0 Å². The summed E-state index contributed by atoms with van der Waals surface area (Å²) in [6.07, 6.45) is 4.57. The first kappa shape index (κ1) is 6.32. The summed E-state index contributed by atoms with van der Waals surface area (Å²) in [5, 5.41) is 17.8. The lowest BCUT2D eigenvalue weighted by Gasteiger charge is -2.19. The molecule has 0 fully saturated rings. The fourth-order valence-electron chi connectivity index (χ4n) is 0.744. The zero-order chi connectivity index (χ0) is 6.91. The fraction of sp³-hybridized carbons (Fsp3) is 0.333. The van der Waals surface area contributed by atoms with E-state index in [1.807, 2.05) is 0 Å².